The third kappa shape index (κ3) is 3.37. The molecule has 1 amide bonds. The molecule has 1 N–H and O–H groups in total. The van der Waals surface area contributed by atoms with E-state index in [0.717, 1.165) is 37.2 Å². The van der Waals surface area contributed by atoms with E-state index in [9.17, 15) is 4.79 Å². The fourth-order valence-corrected chi connectivity index (χ4v) is 2.41. The number of nitrogens with one attached hydrogen (secondary N) is 1. The van der Waals surface area contributed by atoms with Crippen LogP contribution in [0.4, 0.5) is 5.69 Å². The van der Waals surface area contributed by atoms with Gasteiger partial charge in [0.1, 0.15) is 5.69 Å². The van der Waals surface area contributed by atoms with Gasteiger partial charge in [0.15, 0.2) is 0 Å². The molecule has 0 saturated carbocycles. The second-order valence-corrected chi connectivity index (χ2v) is 5.15. The van der Waals surface area contributed by atoms with Gasteiger partial charge >= 0.3 is 0 Å². The zero-order valence-electron chi connectivity index (χ0n) is 11.8. The molecule has 0 spiro atoms. The molecule has 3 rings (SSSR count). The number of pyridine rings is 2. The van der Waals surface area contributed by atoms with Crippen molar-refractivity contribution in [1.29, 1.82) is 0 Å². The molecule has 1 aliphatic heterocycles. The number of hydrogen-bond donors (Lipinski definition) is 1. The Balaban J connectivity index is 1.60. The predicted octanol–water partition coefficient (Wildman–Crippen LogP) is 2.32. The molecule has 21 heavy (non-hydrogen) atoms. The Morgan fingerprint density at radius 2 is 2.05 bits per heavy atom. The molecule has 108 valence electrons. The average molecular weight is 282 g/mol. The Morgan fingerprint density at radius 1 is 1.19 bits per heavy atom. The van der Waals surface area contributed by atoms with Gasteiger partial charge < -0.3 is 10.2 Å². The molecule has 0 radical (unpaired) electrons. The van der Waals surface area contributed by atoms with Crippen LogP contribution in [0.3, 0.4) is 0 Å². The molecule has 5 heteroatoms. The number of nitrogens with zero attached hydrogens (tertiary/aromatic N) is 3. The number of likely N-dealkylation sites (tertiary alicyclic amines) is 1. The zero-order chi connectivity index (χ0) is 14.5. The van der Waals surface area contributed by atoms with E-state index < -0.39 is 0 Å². The second-order valence-electron chi connectivity index (χ2n) is 5.15. The second kappa shape index (κ2) is 6.35. The number of rotatable bonds is 4. The van der Waals surface area contributed by atoms with E-state index in [-0.39, 0.29) is 5.91 Å². The van der Waals surface area contributed by atoms with Gasteiger partial charge in [-0.2, -0.15) is 0 Å². The average Bonchev–Trinajstić information content (AvgIpc) is 3.08. The van der Waals surface area contributed by atoms with Gasteiger partial charge in [0.05, 0.1) is 11.9 Å². The van der Waals surface area contributed by atoms with Gasteiger partial charge in [-0.25, -0.2) is 4.98 Å². The summed E-state index contributed by atoms with van der Waals surface area (Å²) in [7, 11) is 0. The van der Waals surface area contributed by atoms with Crippen LogP contribution in [-0.4, -0.2) is 33.9 Å². The van der Waals surface area contributed by atoms with Crippen LogP contribution in [0.15, 0.2) is 42.9 Å². The van der Waals surface area contributed by atoms with Crippen LogP contribution >= 0.6 is 0 Å². The zero-order valence-corrected chi connectivity index (χ0v) is 11.8. The molecule has 5 nitrogen and oxygen atoms in total. The topological polar surface area (TPSA) is 58.1 Å². The van der Waals surface area contributed by atoms with Gasteiger partial charge in [0.2, 0.25) is 0 Å². The van der Waals surface area contributed by atoms with Crippen LogP contribution in [0.2, 0.25) is 0 Å². The van der Waals surface area contributed by atoms with E-state index in [0.29, 0.717) is 12.2 Å². The van der Waals surface area contributed by atoms with E-state index in [2.05, 4.69) is 15.3 Å². The molecule has 0 bridgehead atoms. The van der Waals surface area contributed by atoms with E-state index in [1.54, 1.807) is 18.5 Å². The Hall–Kier alpha value is -2.43. The molecule has 1 fully saturated rings. The molecule has 0 unspecified atom stereocenters. The van der Waals surface area contributed by atoms with Crippen molar-refractivity contribution in [1.82, 2.24) is 14.9 Å². The minimum absolute atomic E-state index is 0.0336. The molecular weight excluding hydrogens is 264 g/mol. The largest absolute Gasteiger partial charge is 0.380 e. The third-order valence-corrected chi connectivity index (χ3v) is 3.60. The van der Waals surface area contributed by atoms with Gasteiger partial charge in [-0.15, -0.1) is 0 Å². The highest BCUT2D eigenvalue weighted by Gasteiger charge is 2.20. The fraction of sp³-hybridized carbons (Fsp3) is 0.312. The summed E-state index contributed by atoms with van der Waals surface area (Å²) in [6.07, 6.45) is 7.47. The van der Waals surface area contributed by atoms with Crippen LogP contribution in [0.1, 0.15) is 28.9 Å². The monoisotopic (exact) mass is 282 g/mol. The van der Waals surface area contributed by atoms with E-state index in [4.69, 9.17) is 0 Å². The van der Waals surface area contributed by atoms with Crippen LogP contribution in [0.5, 0.6) is 0 Å². The van der Waals surface area contributed by atoms with Crippen LogP contribution in [0.25, 0.3) is 0 Å². The molecule has 0 atom stereocenters. The smallest absolute Gasteiger partial charge is 0.272 e. The highest BCUT2D eigenvalue weighted by molar-refractivity contribution is 5.92. The Labute approximate surface area is 124 Å². The normalized spacial score (nSPS) is 14.2. The number of aromatic nitrogens is 2. The summed E-state index contributed by atoms with van der Waals surface area (Å²) in [5.74, 6) is 0.0336. The summed E-state index contributed by atoms with van der Waals surface area (Å²) in [6, 6.07) is 7.60. The summed E-state index contributed by atoms with van der Waals surface area (Å²) in [5, 5.41) is 3.27. The molecule has 2 aromatic heterocycles. The van der Waals surface area contributed by atoms with Crippen molar-refractivity contribution >= 4 is 11.6 Å². The number of amides is 1. The molecular formula is C16H18N4O. The molecule has 0 aliphatic carbocycles. The Morgan fingerprint density at radius 3 is 2.71 bits per heavy atom. The molecule has 3 heterocycles. The molecule has 1 aliphatic rings. The quantitative estimate of drug-likeness (QED) is 0.935. The number of anilines is 1. The lowest BCUT2D eigenvalue weighted by Gasteiger charge is -2.14. The van der Waals surface area contributed by atoms with Gasteiger partial charge in [0.25, 0.3) is 5.91 Å². The standard InChI is InChI=1S/C16H18N4O/c21-16(20-8-1-2-9-20)15-6-5-14(12-19-15)18-11-13-4-3-7-17-10-13/h3-7,10,12,18H,1-2,8-9,11H2. The van der Waals surface area contributed by atoms with Crippen molar-refractivity contribution in [3.63, 3.8) is 0 Å². The van der Waals surface area contributed by atoms with Crippen molar-refractivity contribution in [3.05, 3.63) is 54.1 Å². The first-order valence-electron chi connectivity index (χ1n) is 7.21. The first-order chi connectivity index (χ1) is 10.3. The van der Waals surface area contributed by atoms with Gasteiger partial charge in [0, 0.05) is 32.0 Å². The summed E-state index contributed by atoms with van der Waals surface area (Å²) < 4.78 is 0. The third-order valence-electron chi connectivity index (χ3n) is 3.60. The van der Waals surface area contributed by atoms with Gasteiger partial charge in [-0.1, -0.05) is 6.07 Å². The minimum atomic E-state index is 0.0336. The van der Waals surface area contributed by atoms with E-state index in [1.807, 2.05) is 29.3 Å². The van der Waals surface area contributed by atoms with Crippen molar-refractivity contribution in [2.24, 2.45) is 0 Å². The maximum atomic E-state index is 12.2. The summed E-state index contributed by atoms with van der Waals surface area (Å²) >= 11 is 0. The van der Waals surface area contributed by atoms with E-state index in [1.165, 1.54) is 0 Å². The van der Waals surface area contributed by atoms with Crippen LogP contribution in [0, 0.1) is 0 Å². The first kappa shape index (κ1) is 13.5. The maximum Gasteiger partial charge on any atom is 0.272 e. The fourth-order valence-electron chi connectivity index (χ4n) is 2.41. The maximum absolute atomic E-state index is 12.2. The SMILES string of the molecule is O=C(c1ccc(NCc2cccnc2)cn1)N1CCCC1. The van der Waals surface area contributed by atoms with Crippen molar-refractivity contribution in [2.45, 2.75) is 19.4 Å². The number of carbonyl (C=O) groups is 1. The number of hydrogen-bond acceptors (Lipinski definition) is 4. The van der Waals surface area contributed by atoms with E-state index >= 15 is 0 Å². The lowest BCUT2D eigenvalue weighted by atomic mass is 10.2. The van der Waals surface area contributed by atoms with Crippen molar-refractivity contribution < 1.29 is 4.79 Å². The predicted molar refractivity (Wildman–Crippen MR) is 80.9 cm³/mol. The summed E-state index contributed by atoms with van der Waals surface area (Å²) in [4.78, 5) is 22.4. The van der Waals surface area contributed by atoms with Crippen LogP contribution in [-0.2, 0) is 6.54 Å². The molecule has 0 aromatic carbocycles. The minimum Gasteiger partial charge on any atom is -0.380 e. The highest BCUT2D eigenvalue weighted by atomic mass is 16.2. The number of carbonyl (C=O) groups excluding carboxylic acids is 1. The molecule has 2 aromatic rings. The molecule has 1 saturated heterocycles. The highest BCUT2D eigenvalue weighted by Crippen LogP contribution is 2.13. The van der Waals surface area contributed by atoms with Gasteiger partial charge in [-0.3, -0.25) is 9.78 Å². The summed E-state index contributed by atoms with van der Waals surface area (Å²) in [6.45, 7) is 2.39. The van der Waals surface area contributed by atoms with Gasteiger partial charge in [-0.05, 0) is 36.6 Å². The Kier molecular flexibility index (Phi) is 4.09. The van der Waals surface area contributed by atoms with Crippen molar-refractivity contribution in [3.8, 4) is 0 Å². The van der Waals surface area contributed by atoms with Crippen molar-refractivity contribution in [2.75, 3.05) is 18.4 Å². The first-order valence-corrected chi connectivity index (χ1v) is 7.21. The Bertz CT molecular complexity index is 591. The summed E-state index contributed by atoms with van der Waals surface area (Å²) in [5.41, 5.74) is 2.52. The van der Waals surface area contributed by atoms with Crippen LogP contribution < -0.4 is 5.32 Å². The lowest BCUT2D eigenvalue weighted by molar-refractivity contribution is 0.0787. The lowest BCUT2D eigenvalue weighted by Crippen LogP contribution is -2.28.